The Balaban J connectivity index is 2.29. The van der Waals surface area contributed by atoms with Crippen molar-refractivity contribution in [2.45, 2.75) is 32.6 Å². The Kier molecular flexibility index (Phi) is 3.47. The number of aromatic nitrogens is 2. The highest BCUT2D eigenvalue weighted by Gasteiger charge is 2.10. The molecule has 0 fully saturated rings. The van der Waals surface area contributed by atoms with Gasteiger partial charge in [0.1, 0.15) is 5.75 Å². The first-order chi connectivity index (χ1) is 8.22. The van der Waals surface area contributed by atoms with E-state index in [1.54, 1.807) is 16.9 Å². The van der Waals surface area contributed by atoms with Crippen LogP contribution in [-0.4, -0.2) is 14.9 Å². The molecule has 1 heterocycles. The maximum Gasteiger partial charge on any atom is 0.121 e. The minimum absolute atomic E-state index is 0.360. The molecule has 1 unspecified atom stereocenters. The topological polar surface area (TPSA) is 38.0 Å². The first-order valence-electron chi connectivity index (χ1n) is 6.05. The number of phenolic OH excluding ortho intramolecular Hbond substituents is 1. The summed E-state index contributed by atoms with van der Waals surface area (Å²) in [6.07, 6.45) is 5.81. The van der Waals surface area contributed by atoms with Gasteiger partial charge in [-0.15, -0.1) is 0 Å². The molecule has 1 N–H and O–H groups in total. The van der Waals surface area contributed by atoms with Crippen LogP contribution >= 0.6 is 0 Å². The fourth-order valence-corrected chi connectivity index (χ4v) is 2.10. The highest BCUT2D eigenvalue weighted by molar-refractivity contribution is 5.44. The standard InChI is InChI=1S/C14H18N2O/c1-3-5-11(2)13-7-6-12(10-14(13)17)16-9-4-8-15-16/h4,6-11,17H,3,5H2,1-2H3. The van der Waals surface area contributed by atoms with Crippen molar-refractivity contribution in [2.24, 2.45) is 0 Å². The highest BCUT2D eigenvalue weighted by Crippen LogP contribution is 2.30. The maximum absolute atomic E-state index is 10.0. The van der Waals surface area contributed by atoms with E-state index in [4.69, 9.17) is 0 Å². The lowest BCUT2D eigenvalue weighted by Gasteiger charge is -2.13. The summed E-state index contributed by atoms with van der Waals surface area (Å²) in [7, 11) is 0. The molecule has 2 rings (SSSR count). The molecule has 90 valence electrons. The molecule has 0 spiro atoms. The molecule has 1 aromatic heterocycles. The fourth-order valence-electron chi connectivity index (χ4n) is 2.10. The van der Waals surface area contributed by atoms with Gasteiger partial charge in [0.05, 0.1) is 5.69 Å². The smallest absolute Gasteiger partial charge is 0.121 e. The van der Waals surface area contributed by atoms with E-state index in [2.05, 4.69) is 18.9 Å². The molecule has 1 aromatic carbocycles. The van der Waals surface area contributed by atoms with Crippen molar-refractivity contribution >= 4 is 0 Å². The van der Waals surface area contributed by atoms with Crippen LogP contribution in [0.2, 0.25) is 0 Å². The zero-order chi connectivity index (χ0) is 12.3. The third kappa shape index (κ3) is 2.49. The van der Waals surface area contributed by atoms with Crippen LogP contribution in [0.1, 0.15) is 38.2 Å². The lowest BCUT2D eigenvalue weighted by atomic mass is 9.95. The first-order valence-corrected chi connectivity index (χ1v) is 6.05. The Morgan fingerprint density at radius 3 is 2.82 bits per heavy atom. The predicted molar refractivity (Wildman–Crippen MR) is 68.6 cm³/mol. The molecular formula is C14H18N2O. The SMILES string of the molecule is CCCC(C)c1ccc(-n2cccn2)cc1O. The van der Waals surface area contributed by atoms with Gasteiger partial charge in [-0.05, 0) is 30.0 Å². The largest absolute Gasteiger partial charge is 0.508 e. The van der Waals surface area contributed by atoms with Crippen molar-refractivity contribution in [2.75, 3.05) is 0 Å². The minimum Gasteiger partial charge on any atom is -0.508 e. The van der Waals surface area contributed by atoms with Gasteiger partial charge < -0.3 is 5.11 Å². The third-order valence-electron chi connectivity index (χ3n) is 3.04. The van der Waals surface area contributed by atoms with E-state index in [-0.39, 0.29) is 0 Å². The van der Waals surface area contributed by atoms with E-state index >= 15 is 0 Å². The number of aromatic hydroxyl groups is 1. The van der Waals surface area contributed by atoms with Gasteiger partial charge in [-0.25, -0.2) is 4.68 Å². The average molecular weight is 230 g/mol. The Hall–Kier alpha value is -1.77. The van der Waals surface area contributed by atoms with Gasteiger partial charge in [0.15, 0.2) is 0 Å². The summed E-state index contributed by atoms with van der Waals surface area (Å²) in [4.78, 5) is 0. The number of hydrogen-bond acceptors (Lipinski definition) is 2. The molecule has 2 aromatic rings. The molecule has 0 saturated carbocycles. The molecule has 0 bridgehead atoms. The van der Waals surface area contributed by atoms with Crippen molar-refractivity contribution in [3.63, 3.8) is 0 Å². The van der Waals surface area contributed by atoms with E-state index in [1.165, 1.54) is 0 Å². The van der Waals surface area contributed by atoms with Crippen LogP contribution in [0.3, 0.4) is 0 Å². The summed E-state index contributed by atoms with van der Waals surface area (Å²) in [6.45, 7) is 4.30. The molecule has 3 nitrogen and oxygen atoms in total. The molecule has 0 radical (unpaired) electrons. The van der Waals surface area contributed by atoms with Gasteiger partial charge in [0.2, 0.25) is 0 Å². The van der Waals surface area contributed by atoms with E-state index in [9.17, 15) is 5.11 Å². The predicted octanol–water partition coefficient (Wildman–Crippen LogP) is 3.48. The Bertz CT molecular complexity index is 477. The number of nitrogens with zero attached hydrogens (tertiary/aromatic N) is 2. The van der Waals surface area contributed by atoms with Crippen molar-refractivity contribution in [1.29, 1.82) is 0 Å². The van der Waals surface area contributed by atoms with Crippen LogP contribution in [-0.2, 0) is 0 Å². The number of rotatable bonds is 4. The second kappa shape index (κ2) is 5.04. The summed E-state index contributed by atoms with van der Waals surface area (Å²) in [5.41, 5.74) is 1.91. The average Bonchev–Trinajstić information content (AvgIpc) is 2.82. The van der Waals surface area contributed by atoms with E-state index in [0.29, 0.717) is 11.7 Å². The Morgan fingerprint density at radius 2 is 2.24 bits per heavy atom. The molecule has 0 aliphatic carbocycles. The quantitative estimate of drug-likeness (QED) is 0.873. The summed E-state index contributed by atoms with van der Waals surface area (Å²) in [5, 5.41) is 14.2. The van der Waals surface area contributed by atoms with E-state index in [1.807, 2.05) is 24.4 Å². The molecular weight excluding hydrogens is 212 g/mol. The Morgan fingerprint density at radius 1 is 1.41 bits per heavy atom. The molecule has 0 amide bonds. The van der Waals surface area contributed by atoms with Gasteiger partial charge in [-0.3, -0.25) is 0 Å². The minimum atomic E-state index is 0.360. The summed E-state index contributed by atoms with van der Waals surface area (Å²) in [5.74, 6) is 0.755. The maximum atomic E-state index is 10.0. The van der Waals surface area contributed by atoms with Crippen LogP contribution in [0.4, 0.5) is 0 Å². The van der Waals surface area contributed by atoms with E-state index in [0.717, 1.165) is 24.1 Å². The molecule has 0 aliphatic heterocycles. The molecule has 17 heavy (non-hydrogen) atoms. The van der Waals surface area contributed by atoms with Crippen molar-refractivity contribution < 1.29 is 5.11 Å². The van der Waals surface area contributed by atoms with Crippen LogP contribution < -0.4 is 0 Å². The van der Waals surface area contributed by atoms with Crippen LogP contribution in [0.25, 0.3) is 5.69 Å². The second-order valence-electron chi connectivity index (χ2n) is 4.38. The van der Waals surface area contributed by atoms with Crippen molar-refractivity contribution in [3.8, 4) is 11.4 Å². The second-order valence-corrected chi connectivity index (χ2v) is 4.38. The molecule has 3 heteroatoms. The van der Waals surface area contributed by atoms with Crippen molar-refractivity contribution in [3.05, 3.63) is 42.2 Å². The number of benzene rings is 1. The van der Waals surface area contributed by atoms with Crippen LogP contribution in [0, 0.1) is 0 Å². The summed E-state index contributed by atoms with van der Waals surface area (Å²) in [6, 6.07) is 7.63. The first kappa shape index (κ1) is 11.7. The Labute approximate surface area is 102 Å². The van der Waals surface area contributed by atoms with Gasteiger partial charge in [0.25, 0.3) is 0 Å². The van der Waals surface area contributed by atoms with Gasteiger partial charge >= 0.3 is 0 Å². The highest BCUT2D eigenvalue weighted by atomic mass is 16.3. The molecule has 0 saturated heterocycles. The normalized spacial score (nSPS) is 12.6. The lowest BCUT2D eigenvalue weighted by molar-refractivity contribution is 0.459. The third-order valence-corrected chi connectivity index (χ3v) is 3.04. The van der Waals surface area contributed by atoms with E-state index < -0.39 is 0 Å². The monoisotopic (exact) mass is 230 g/mol. The zero-order valence-electron chi connectivity index (χ0n) is 10.3. The number of phenols is 1. The van der Waals surface area contributed by atoms with Crippen LogP contribution in [0.5, 0.6) is 5.75 Å². The van der Waals surface area contributed by atoms with Crippen molar-refractivity contribution in [1.82, 2.24) is 9.78 Å². The van der Waals surface area contributed by atoms with Gasteiger partial charge in [0, 0.05) is 18.5 Å². The number of hydrogen-bond donors (Lipinski definition) is 1. The van der Waals surface area contributed by atoms with Gasteiger partial charge in [-0.2, -0.15) is 5.10 Å². The summed E-state index contributed by atoms with van der Waals surface area (Å²) < 4.78 is 1.74. The fraction of sp³-hybridized carbons (Fsp3) is 0.357. The van der Waals surface area contributed by atoms with Gasteiger partial charge in [-0.1, -0.05) is 26.3 Å². The zero-order valence-corrected chi connectivity index (χ0v) is 10.3. The molecule has 1 atom stereocenters. The summed E-state index contributed by atoms with van der Waals surface area (Å²) >= 11 is 0. The lowest BCUT2D eigenvalue weighted by Crippen LogP contribution is -1.97. The molecule has 0 aliphatic rings. The van der Waals surface area contributed by atoms with Crippen LogP contribution in [0.15, 0.2) is 36.7 Å².